The van der Waals surface area contributed by atoms with E-state index in [1.165, 1.54) is 0 Å². The van der Waals surface area contributed by atoms with Gasteiger partial charge in [0.05, 0.1) is 6.04 Å². The van der Waals surface area contributed by atoms with Crippen LogP contribution in [0.4, 0.5) is 4.79 Å². The lowest BCUT2D eigenvalue weighted by Gasteiger charge is -2.30. The van der Waals surface area contributed by atoms with E-state index in [-0.39, 0.29) is 36.1 Å². The van der Waals surface area contributed by atoms with Gasteiger partial charge in [-0.3, -0.25) is 0 Å². The van der Waals surface area contributed by atoms with Crippen LogP contribution < -0.4 is 10.6 Å². The maximum Gasteiger partial charge on any atom is 0.315 e. The lowest BCUT2D eigenvalue weighted by Crippen LogP contribution is -2.45. The Labute approximate surface area is 138 Å². The summed E-state index contributed by atoms with van der Waals surface area (Å²) in [5, 5.41) is 15.1. The molecule has 0 bridgehead atoms. The molecule has 0 spiro atoms. The van der Waals surface area contributed by atoms with Crippen LogP contribution in [0.2, 0.25) is 0 Å². The Bertz CT molecular complexity index is 557. The van der Waals surface area contributed by atoms with Crippen LogP contribution >= 0.6 is 0 Å². The minimum Gasteiger partial charge on any atom is -0.464 e. The number of urea groups is 1. The highest BCUT2D eigenvalue weighted by molar-refractivity contribution is 5.75. The number of aliphatic hydroxyl groups is 1. The molecule has 0 fully saturated rings. The monoisotopic (exact) mass is 320 g/mol. The molecule has 0 saturated heterocycles. The zero-order valence-electron chi connectivity index (χ0n) is 14.4. The van der Waals surface area contributed by atoms with Gasteiger partial charge in [0.2, 0.25) is 0 Å². The second-order valence-electron chi connectivity index (χ2n) is 7.24. The lowest BCUT2D eigenvalue weighted by molar-refractivity contribution is 0.203. The van der Waals surface area contributed by atoms with Crippen LogP contribution in [-0.4, -0.2) is 23.8 Å². The molecule has 5 heteroatoms. The first-order chi connectivity index (χ1) is 10.8. The molecule has 1 aliphatic carbocycles. The van der Waals surface area contributed by atoms with E-state index in [1.54, 1.807) is 0 Å². The number of hydrogen-bond acceptors (Lipinski definition) is 3. The first-order valence-corrected chi connectivity index (χ1v) is 8.28. The van der Waals surface area contributed by atoms with Crippen LogP contribution in [0.3, 0.4) is 0 Å². The molecule has 2 amide bonds. The number of nitrogens with one attached hydrogen (secondary N) is 2. The fourth-order valence-electron chi connectivity index (χ4n) is 2.81. The molecule has 128 valence electrons. The summed E-state index contributed by atoms with van der Waals surface area (Å²) < 4.78 is 5.84. The van der Waals surface area contributed by atoms with Crippen LogP contribution in [0.15, 0.2) is 28.7 Å². The van der Waals surface area contributed by atoms with Crippen molar-refractivity contribution in [3.05, 3.63) is 35.8 Å². The van der Waals surface area contributed by atoms with E-state index in [4.69, 9.17) is 9.52 Å². The van der Waals surface area contributed by atoms with E-state index in [0.29, 0.717) is 0 Å². The van der Waals surface area contributed by atoms with Gasteiger partial charge in [0.25, 0.3) is 0 Å². The molecule has 0 unspecified atom stereocenters. The topological polar surface area (TPSA) is 74.5 Å². The molecule has 1 aliphatic rings. The number of carbonyl (C=O) groups is 1. The van der Waals surface area contributed by atoms with E-state index >= 15 is 0 Å². The zero-order chi connectivity index (χ0) is 17.0. The van der Waals surface area contributed by atoms with Crippen molar-refractivity contribution in [3.8, 4) is 0 Å². The second kappa shape index (κ2) is 7.21. The van der Waals surface area contributed by atoms with Gasteiger partial charge in [0.1, 0.15) is 11.5 Å². The number of rotatable bonds is 5. The molecule has 1 aromatic heterocycles. The summed E-state index contributed by atoms with van der Waals surface area (Å²) in [6.45, 7) is 8.38. The predicted octanol–water partition coefficient (Wildman–Crippen LogP) is 3.17. The summed E-state index contributed by atoms with van der Waals surface area (Å²) in [5.74, 6) is 1.83. The number of furan rings is 1. The van der Waals surface area contributed by atoms with Gasteiger partial charge < -0.3 is 20.2 Å². The number of carbonyl (C=O) groups excluding carboxylic acids is 1. The first kappa shape index (κ1) is 17.6. The molecular formula is C18H28N2O3. The highest BCUT2D eigenvalue weighted by atomic mass is 16.3. The van der Waals surface area contributed by atoms with Gasteiger partial charge in [-0.15, -0.1) is 0 Å². The molecule has 1 aromatic rings. The average molecular weight is 320 g/mol. The fraction of sp³-hybridized carbons (Fsp3) is 0.611. The number of hydrogen-bond donors (Lipinski definition) is 3. The first-order valence-electron chi connectivity index (χ1n) is 8.28. The van der Waals surface area contributed by atoms with Gasteiger partial charge >= 0.3 is 6.03 Å². The smallest absolute Gasteiger partial charge is 0.315 e. The van der Waals surface area contributed by atoms with Gasteiger partial charge in [-0.05, 0) is 24.0 Å². The van der Waals surface area contributed by atoms with Crippen LogP contribution in [0.5, 0.6) is 0 Å². The minimum atomic E-state index is -0.215. The molecule has 23 heavy (non-hydrogen) atoms. The summed E-state index contributed by atoms with van der Waals surface area (Å²) in [6, 6.07) is 3.44. The fourth-order valence-corrected chi connectivity index (χ4v) is 2.81. The third-order valence-electron chi connectivity index (χ3n) is 4.18. The number of amides is 2. The third kappa shape index (κ3) is 4.61. The Hall–Kier alpha value is -1.75. The SMILES string of the molecule is CCc1ccc([C@@H](NC(=O)N[C@@H]2C=C[C@H](CO)C2)C(C)(C)C)o1. The summed E-state index contributed by atoms with van der Waals surface area (Å²) >= 11 is 0. The molecule has 1 heterocycles. The van der Waals surface area contributed by atoms with Crippen LogP contribution in [0.1, 0.15) is 51.7 Å². The van der Waals surface area contributed by atoms with Crippen LogP contribution in [-0.2, 0) is 6.42 Å². The Morgan fingerprint density at radius 2 is 2.13 bits per heavy atom. The molecule has 3 atom stereocenters. The van der Waals surface area contributed by atoms with Crippen molar-refractivity contribution in [2.24, 2.45) is 11.3 Å². The van der Waals surface area contributed by atoms with E-state index in [9.17, 15) is 4.79 Å². The molecular weight excluding hydrogens is 292 g/mol. The third-order valence-corrected chi connectivity index (χ3v) is 4.18. The van der Waals surface area contributed by atoms with E-state index in [0.717, 1.165) is 24.4 Å². The second-order valence-corrected chi connectivity index (χ2v) is 7.24. The quantitative estimate of drug-likeness (QED) is 0.730. The van der Waals surface area contributed by atoms with Crippen molar-refractivity contribution < 1.29 is 14.3 Å². The molecule has 2 rings (SSSR count). The summed E-state index contributed by atoms with van der Waals surface area (Å²) in [7, 11) is 0. The Morgan fingerprint density at radius 3 is 2.65 bits per heavy atom. The highest BCUT2D eigenvalue weighted by Crippen LogP contribution is 2.33. The minimum absolute atomic E-state index is 0.0319. The Kier molecular flexibility index (Phi) is 5.52. The predicted molar refractivity (Wildman–Crippen MR) is 90.1 cm³/mol. The van der Waals surface area contributed by atoms with Gasteiger partial charge in [0, 0.05) is 25.0 Å². The van der Waals surface area contributed by atoms with Crippen LogP contribution in [0, 0.1) is 11.3 Å². The Morgan fingerprint density at radius 1 is 1.39 bits per heavy atom. The summed E-state index contributed by atoms with van der Waals surface area (Å²) in [6.07, 6.45) is 5.46. The highest BCUT2D eigenvalue weighted by Gasteiger charge is 2.31. The van der Waals surface area contributed by atoms with Gasteiger partial charge in [-0.2, -0.15) is 0 Å². The van der Waals surface area contributed by atoms with Gasteiger partial charge in [-0.25, -0.2) is 4.79 Å². The molecule has 0 saturated carbocycles. The molecule has 0 aromatic carbocycles. The lowest BCUT2D eigenvalue weighted by atomic mass is 9.85. The number of aryl methyl sites for hydroxylation is 1. The van der Waals surface area contributed by atoms with Crippen molar-refractivity contribution in [2.75, 3.05) is 6.61 Å². The number of aliphatic hydroxyl groups excluding tert-OH is 1. The molecule has 3 N–H and O–H groups in total. The zero-order valence-corrected chi connectivity index (χ0v) is 14.4. The van der Waals surface area contributed by atoms with Gasteiger partial charge in [0.15, 0.2) is 0 Å². The largest absolute Gasteiger partial charge is 0.464 e. The average Bonchev–Trinajstić information content (AvgIpc) is 3.12. The Balaban J connectivity index is 2.01. The summed E-state index contributed by atoms with van der Waals surface area (Å²) in [5.41, 5.74) is -0.167. The maximum atomic E-state index is 12.3. The van der Waals surface area contributed by atoms with Crippen molar-refractivity contribution in [2.45, 2.75) is 52.6 Å². The van der Waals surface area contributed by atoms with Crippen molar-refractivity contribution >= 4 is 6.03 Å². The van der Waals surface area contributed by atoms with Gasteiger partial charge in [-0.1, -0.05) is 39.8 Å². The van der Waals surface area contributed by atoms with Crippen molar-refractivity contribution in [3.63, 3.8) is 0 Å². The molecule has 0 radical (unpaired) electrons. The normalized spacial score (nSPS) is 22.1. The maximum absolute atomic E-state index is 12.3. The van der Waals surface area contributed by atoms with Crippen LogP contribution in [0.25, 0.3) is 0 Å². The van der Waals surface area contributed by atoms with E-state index in [1.807, 2.05) is 31.2 Å². The standard InChI is InChI=1S/C18H28N2O3/c1-5-14-8-9-15(23-14)16(18(2,3)4)20-17(22)19-13-7-6-12(10-13)11-21/h6-9,12-13,16,21H,5,10-11H2,1-4H3,(H2,19,20,22)/t12-,13+,16+/m0/s1. The van der Waals surface area contributed by atoms with Crippen molar-refractivity contribution in [1.82, 2.24) is 10.6 Å². The van der Waals surface area contributed by atoms with E-state index < -0.39 is 0 Å². The molecule has 0 aliphatic heterocycles. The molecule has 5 nitrogen and oxygen atoms in total. The van der Waals surface area contributed by atoms with Crippen molar-refractivity contribution in [1.29, 1.82) is 0 Å². The van der Waals surface area contributed by atoms with E-state index in [2.05, 4.69) is 31.4 Å². The summed E-state index contributed by atoms with van der Waals surface area (Å²) in [4.78, 5) is 12.3.